The summed E-state index contributed by atoms with van der Waals surface area (Å²) in [6, 6.07) is 3.47. The topological polar surface area (TPSA) is 43.4 Å². The van der Waals surface area contributed by atoms with Crippen molar-refractivity contribution in [2.75, 3.05) is 0 Å². The lowest BCUT2D eigenvalue weighted by molar-refractivity contribution is 0.555. The van der Waals surface area contributed by atoms with Crippen LogP contribution in [0.25, 0.3) is 21.9 Å². The van der Waals surface area contributed by atoms with Crippen LogP contribution in [0.15, 0.2) is 32.0 Å². The van der Waals surface area contributed by atoms with Crippen molar-refractivity contribution in [3.05, 3.63) is 45.5 Å². The molecule has 0 amide bonds. The molecule has 0 spiro atoms. The van der Waals surface area contributed by atoms with Crippen LogP contribution in [-0.4, -0.2) is 0 Å². The van der Waals surface area contributed by atoms with Gasteiger partial charge in [0, 0.05) is 22.4 Å². The Kier molecular flexibility index (Phi) is 1.93. The molecular weight excluding hydrogens is 216 g/mol. The number of hydrogen-bond acceptors (Lipinski definition) is 3. The van der Waals surface area contributed by atoms with E-state index in [1.165, 1.54) is 6.07 Å². The molecule has 0 aliphatic carbocycles. The molecule has 0 atom stereocenters. The van der Waals surface area contributed by atoms with E-state index in [9.17, 15) is 4.79 Å². The second-order valence-electron chi connectivity index (χ2n) is 4.37. The molecule has 3 aromatic rings. The molecule has 3 heteroatoms. The van der Waals surface area contributed by atoms with E-state index >= 15 is 0 Å². The van der Waals surface area contributed by atoms with Gasteiger partial charge in [-0.15, -0.1) is 0 Å². The number of furan rings is 1. The van der Waals surface area contributed by atoms with Crippen LogP contribution in [0.2, 0.25) is 0 Å². The van der Waals surface area contributed by atoms with Crippen molar-refractivity contribution < 1.29 is 8.83 Å². The summed E-state index contributed by atoms with van der Waals surface area (Å²) >= 11 is 0. The predicted octanol–water partition coefficient (Wildman–Crippen LogP) is 3.46. The molecule has 0 saturated carbocycles. The lowest BCUT2D eigenvalue weighted by atomic mass is 9.99. The predicted molar refractivity (Wildman–Crippen MR) is 66.5 cm³/mol. The van der Waals surface area contributed by atoms with Crippen LogP contribution in [0.5, 0.6) is 0 Å². The van der Waals surface area contributed by atoms with E-state index in [0.717, 1.165) is 33.0 Å². The van der Waals surface area contributed by atoms with Crippen molar-refractivity contribution in [2.24, 2.45) is 0 Å². The van der Waals surface area contributed by atoms with Gasteiger partial charge in [0.15, 0.2) is 0 Å². The Hall–Kier alpha value is -2.03. The first-order valence-electron chi connectivity index (χ1n) is 5.50. The molecule has 86 valence electrons. The van der Waals surface area contributed by atoms with Gasteiger partial charge in [-0.05, 0) is 38.0 Å². The monoisotopic (exact) mass is 228 g/mol. The average Bonchev–Trinajstić information content (AvgIpc) is 2.74. The van der Waals surface area contributed by atoms with Crippen molar-refractivity contribution >= 4 is 21.9 Å². The van der Waals surface area contributed by atoms with Gasteiger partial charge in [0.2, 0.25) is 0 Å². The van der Waals surface area contributed by atoms with E-state index in [2.05, 4.69) is 0 Å². The molecule has 1 aromatic carbocycles. The zero-order chi connectivity index (χ0) is 12.2. The van der Waals surface area contributed by atoms with Crippen molar-refractivity contribution in [3.63, 3.8) is 0 Å². The summed E-state index contributed by atoms with van der Waals surface area (Å²) in [5, 5.41) is 2.09. The number of aryl methyl sites for hydroxylation is 3. The van der Waals surface area contributed by atoms with Gasteiger partial charge < -0.3 is 8.83 Å². The second kappa shape index (κ2) is 3.23. The van der Waals surface area contributed by atoms with Gasteiger partial charge in [-0.1, -0.05) is 0 Å². The minimum atomic E-state index is -0.316. The first-order valence-corrected chi connectivity index (χ1v) is 5.50. The van der Waals surface area contributed by atoms with E-state index in [4.69, 9.17) is 8.83 Å². The Bertz CT molecular complexity index is 790. The Morgan fingerprint density at radius 3 is 2.59 bits per heavy atom. The second-order valence-corrected chi connectivity index (χ2v) is 4.37. The summed E-state index contributed by atoms with van der Waals surface area (Å²) < 4.78 is 10.8. The standard InChI is InChI=1S/C14H12O3/c1-7-6-11(15)17-14-9(3)13-10(4-5-16-13)8(2)12(7)14/h4-6H,1-3H3. The molecule has 0 unspecified atom stereocenters. The fourth-order valence-corrected chi connectivity index (χ4v) is 2.47. The quantitative estimate of drug-likeness (QED) is 0.553. The summed E-state index contributed by atoms with van der Waals surface area (Å²) in [6.45, 7) is 5.86. The third-order valence-electron chi connectivity index (χ3n) is 3.28. The van der Waals surface area contributed by atoms with Crippen LogP contribution < -0.4 is 5.63 Å². The van der Waals surface area contributed by atoms with E-state index in [1.54, 1.807) is 6.26 Å². The zero-order valence-electron chi connectivity index (χ0n) is 9.96. The highest BCUT2D eigenvalue weighted by Gasteiger charge is 2.15. The van der Waals surface area contributed by atoms with Gasteiger partial charge in [-0.25, -0.2) is 4.79 Å². The molecule has 17 heavy (non-hydrogen) atoms. The maximum atomic E-state index is 11.4. The molecule has 3 nitrogen and oxygen atoms in total. The first kappa shape index (κ1) is 10.1. The molecule has 0 N–H and O–H groups in total. The van der Waals surface area contributed by atoms with Crippen LogP contribution in [0, 0.1) is 20.8 Å². The van der Waals surface area contributed by atoms with Crippen LogP contribution in [0.4, 0.5) is 0 Å². The third-order valence-corrected chi connectivity index (χ3v) is 3.28. The number of rotatable bonds is 0. The molecule has 0 aliphatic heterocycles. The smallest absolute Gasteiger partial charge is 0.336 e. The normalized spacial score (nSPS) is 11.5. The molecule has 0 radical (unpaired) electrons. The van der Waals surface area contributed by atoms with Crippen LogP contribution >= 0.6 is 0 Å². The molecule has 0 saturated heterocycles. The fourth-order valence-electron chi connectivity index (χ4n) is 2.47. The lowest BCUT2D eigenvalue weighted by Crippen LogP contribution is -2.00. The molecule has 0 aliphatic rings. The summed E-state index contributed by atoms with van der Waals surface area (Å²) in [7, 11) is 0. The van der Waals surface area contributed by atoms with Crippen molar-refractivity contribution in [2.45, 2.75) is 20.8 Å². The average molecular weight is 228 g/mol. The summed E-state index contributed by atoms with van der Waals surface area (Å²) in [6.07, 6.45) is 1.66. The number of fused-ring (bicyclic) bond motifs is 2. The Labute approximate surface area is 97.7 Å². The summed E-state index contributed by atoms with van der Waals surface area (Å²) in [5.74, 6) is 0. The van der Waals surface area contributed by atoms with Gasteiger partial charge in [-0.3, -0.25) is 0 Å². The van der Waals surface area contributed by atoms with E-state index in [1.807, 2.05) is 26.8 Å². The van der Waals surface area contributed by atoms with Crippen molar-refractivity contribution in [1.29, 1.82) is 0 Å². The van der Waals surface area contributed by atoms with Gasteiger partial charge >= 0.3 is 5.63 Å². The van der Waals surface area contributed by atoms with Crippen molar-refractivity contribution in [1.82, 2.24) is 0 Å². The third kappa shape index (κ3) is 1.25. The maximum absolute atomic E-state index is 11.4. The highest BCUT2D eigenvalue weighted by Crippen LogP contribution is 2.33. The molecule has 0 fully saturated rings. The first-order chi connectivity index (χ1) is 8.09. The largest absolute Gasteiger partial charge is 0.464 e. The molecule has 3 rings (SSSR count). The van der Waals surface area contributed by atoms with E-state index in [0.29, 0.717) is 5.58 Å². The van der Waals surface area contributed by atoms with Gasteiger partial charge in [-0.2, -0.15) is 0 Å². The van der Waals surface area contributed by atoms with E-state index < -0.39 is 0 Å². The minimum Gasteiger partial charge on any atom is -0.464 e. The highest BCUT2D eigenvalue weighted by molar-refractivity contribution is 6.01. The van der Waals surface area contributed by atoms with E-state index in [-0.39, 0.29) is 5.63 Å². The zero-order valence-corrected chi connectivity index (χ0v) is 9.96. The Balaban J connectivity index is 2.73. The maximum Gasteiger partial charge on any atom is 0.336 e. The fraction of sp³-hybridized carbons (Fsp3) is 0.214. The Morgan fingerprint density at radius 2 is 1.82 bits per heavy atom. The number of benzene rings is 1. The van der Waals surface area contributed by atoms with Crippen molar-refractivity contribution in [3.8, 4) is 0 Å². The van der Waals surface area contributed by atoms with Gasteiger partial charge in [0.25, 0.3) is 0 Å². The van der Waals surface area contributed by atoms with Crippen LogP contribution in [0.1, 0.15) is 16.7 Å². The lowest BCUT2D eigenvalue weighted by Gasteiger charge is -2.08. The minimum absolute atomic E-state index is 0.316. The van der Waals surface area contributed by atoms with Crippen LogP contribution in [-0.2, 0) is 0 Å². The van der Waals surface area contributed by atoms with Crippen LogP contribution in [0.3, 0.4) is 0 Å². The molecule has 2 aromatic heterocycles. The SMILES string of the molecule is Cc1c2occc2c(C)c2c(C)cc(=O)oc12. The summed E-state index contributed by atoms with van der Waals surface area (Å²) in [5.41, 5.74) is 4.03. The van der Waals surface area contributed by atoms with Gasteiger partial charge in [0.05, 0.1) is 6.26 Å². The molecular formula is C14H12O3. The molecule has 2 heterocycles. The summed E-state index contributed by atoms with van der Waals surface area (Å²) in [4.78, 5) is 11.4. The number of hydrogen-bond donors (Lipinski definition) is 0. The molecule has 0 bridgehead atoms. The van der Waals surface area contributed by atoms with Gasteiger partial charge in [0.1, 0.15) is 11.2 Å². The Morgan fingerprint density at radius 1 is 1.06 bits per heavy atom. The highest BCUT2D eigenvalue weighted by atomic mass is 16.4.